The number of thiophene rings is 1. The Hall–Kier alpha value is -1.74. The molecule has 0 spiro atoms. The number of benzene rings is 1. The SMILES string of the molecule is Cc1ccc(CNC(=O)c2sccc2S(=O)(=O)N2CCOCC2)c(C)c1. The first-order valence-electron chi connectivity index (χ1n) is 8.39. The predicted octanol–water partition coefficient (Wildman–Crippen LogP) is 2.32. The van der Waals surface area contributed by atoms with Crippen LogP contribution in [-0.2, 0) is 21.3 Å². The molecule has 0 atom stereocenters. The fourth-order valence-corrected chi connectivity index (χ4v) is 5.62. The highest BCUT2D eigenvalue weighted by molar-refractivity contribution is 7.89. The molecule has 140 valence electrons. The van der Waals surface area contributed by atoms with E-state index < -0.39 is 10.0 Å². The molecular weight excluding hydrogens is 372 g/mol. The van der Waals surface area contributed by atoms with Gasteiger partial charge in [0.1, 0.15) is 9.77 Å². The normalized spacial score (nSPS) is 15.8. The highest BCUT2D eigenvalue weighted by Gasteiger charge is 2.31. The molecule has 1 aliphatic heterocycles. The van der Waals surface area contributed by atoms with Crippen molar-refractivity contribution in [2.24, 2.45) is 0 Å². The minimum atomic E-state index is -3.69. The lowest BCUT2D eigenvalue weighted by Gasteiger charge is -2.26. The first-order valence-corrected chi connectivity index (χ1v) is 10.7. The highest BCUT2D eigenvalue weighted by atomic mass is 32.2. The lowest BCUT2D eigenvalue weighted by Crippen LogP contribution is -2.41. The number of carbonyl (C=O) groups excluding carboxylic acids is 1. The molecule has 1 aromatic heterocycles. The molecule has 0 aliphatic carbocycles. The van der Waals surface area contributed by atoms with Gasteiger partial charge < -0.3 is 10.1 Å². The average Bonchev–Trinajstić information content (AvgIpc) is 3.12. The molecule has 1 N–H and O–H groups in total. The summed E-state index contributed by atoms with van der Waals surface area (Å²) in [5.74, 6) is -0.369. The summed E-state index contributed by atoms with van der Waals surface area (Å²) in [6.07, 6.45) is 0. The first-order chi connectivity index (χ1) is 12.4. The van der Waals surface area contributed by atoms with Crippen molar-refractivity contribution >= 4 is 27.3 Å². The van der Waals surface area contributed by atoms with Gasteiger partial charge in [0.05, 0.1) is 13.2 Å². The van der Waals surface area contributed by atoms with E-state index in [4.69, 9.17) is 4.74 Å². The van der Waals surface area contributed by atoms with Crippen LogP contribution < -0.4 is 5.32 Å². The number of sulfonamides is 1. The molecule has 1 saturated heterocycles. The second-order valence-corrected chi connectivity index (χ2v) is 9.07. The molecule has 1 aromatic carbocycles. The summed E-state index contributed by atoms with van der Waals surface area (Å²) in [6.45, 7) is 5.73. The minimum absolute atomic E-state index is 0.0718. The number of amides is 1. The summed E-state index contributed by atoms with van der Waals surface area (Å²) in [6, 6.07) is 7.53. The van der Waals surface area contributed by atoms with Crippen molar-refractivity contribution < 1.29 is 17.9 Å². The van der Waals surface area contributed by atoms with Crippen LogP contribution in [0.25, 0.3) is 0 Å². The number of morpholine rings is 1. The second-order valence-electron chi connectivity index (χ2n) is 6.24. The number of nitrogens with one attached hydrogen (secondary N) is 1. The van der Waals surface area contributed by atoms with Crippen molar-refractivity contribution in [3.05, 3.63) is 51.2 Å². The molecule has 0 unspecified atom stereocenters. The number of aryl methyl sites for hydroxylation is 2. The molecule has 0 bridgehead atoms. The number of hydrogen-bond donors (Lipinski definition) is 1. The number of ether oxygens (including phenoxy) is 1. The van der Waals surface area contributed by atoms with Crippen LogP contribution in [0, 0.1) is 13.8 Å². The maximum absolute atomic E-state index is 12.8. The van der Waals surface area contributed by atoms with E-state index in [1.54, 1.807) is 5.38 Å². The van der Waals surface area contributed by atoms with Crippen molar-refractivity contribution in [3.8, 4) is 0 Å². The van der Waals surface area contributed by atoms with E-state index in [2.05, 4.69) is 11.4 Å². The summed E-state index contributed by atoms with van der Waals surface area (Å²) in [5, 5.41) is 4.48. The molecule has 1 aliphatic rings. The zero-order chi connectivity index (χ0) is 18.7. The Morgan fingerprint density at radius 1 is 1.23 bits per heavy atom. The third-order valence-electron chi connectivity index (χ3n) is 4.36. The summed E-state index contributed by atoms with van der Waals surface area (Å²) in [5.41, 5.74) is 3.27. The Kier molecular flexibility index (Phi) is 5.76. The third kappa shape index (κ3) is 3.98. The standard InChI is InChI=1S/C18H22N2O4S2/c1-13-3-4-15(14(2)11-13)12-19-18(21)17-16(5-10-25-17)26(22,23)20-6-8-24-9-7-20/h3-5,10-11H,6-9,12H2,1-2H3,(H,19,21). The van der Waals surface area contributed by atoms with E-state index in [1.165, 1.54) is 10.4 Å². The Balaban J connectivity index is 1.76. The van der Waals surface area contributed by atoms with Crippen molar-refractivity contribution in [1.29, 1.82) is 0 Å². The molecule has 3 rings (SSSR count). The maximum Gasteiger partial charge on any atom is 0.263 e. The number of rotatable bonds is 5. The van der Waals surface area contributed by atoms with E-state index in [1.807, 2.05) is 26.0 Å². The van der Waals surface area contributed by atoms with Crippen LogP contribution >= 0.6 is 11.3 Å². The van der Waals surface area contributed by atoms with Crippen LogP contribution in [0.4, 0.5) is 0 Å². The van der Waals surface area contributed by atoms with Gasteiger partial charge in [-0.25, -0.2) is 8.42 Å². The van der Waals surface area contributed by atoms with Gasteiger partial charge in [-0.2, -0.15) is 4.31 Å². The predicted molar refractivity (Wildman–Crippen MR) is 101 cm³/mol. The van der Waals surface area contributed by atoms with Gasteiger partial charge >= 0.3 is 0 Å². The van der Waals surface area contributed by atoms with Crippen LogP contribution in [-0.4, -0.2) is 44.9 Å². The Bertz CT molecular complexity index is 900. The quantitative estimate of drug-likeness (QED) is 0.844. The molecule has 6 nitrogen and oxygen atoms in total. The van der Waals surface area contributed by atoms with Crippen molar-refractivity contribution in [1.82, 2.24) is 9.62 Å². The zero-order valence-electron chi connectivity index (χ0n) is 14.8. The number of hydrogen-bond acceptors (Lipinski definition) is 5. The van der Waals surface area contributed by atoms with Crippen molar-refractivity contribution in [2.75, 3.05) is 26.3 Å². The van der Waals surface area contributed by atoms with E-state index in [9.17, 15) is 13.2 Å². The van der Waals surface area contributed by atoms with Gasteiger partial charge in [-0.3, -0.25) is 4.79 Å². The van der Waals surface area contributed by atoms with E-state index in [0.29, 0.717) is 32.8 Å². The van der Waals surface area contributed by atoms with Crippen LogP contribution in [0.5, 0.6) is 0 Å². The van der Waals surface area contributed by atoms with E-state index >= 15 is 0 Å². The molecule has 2 heterocycles. The molecule has 2 aromatic rings. The van der Waals surface area contributed by atoms with Gasteiger partial charge in [0.2, 0.25) is 10.0 Å². The fourth-order valence-electron chi connectivity index (χ4n) is 2.89. The van der Waals surface area contributed by atoms with Crippen molar-refractivity contribution in [3.63, 3.8) is 0 Å². The monoisotopic (exact) mass is 394 g/mol. The van der Waals surface area contributed by atoms with E-state index in [0.717, 1.165) is 28.0 Å². The summed E-state index contributed by atoms with van der Waals surface area (Å²) in [4.78, 5) is 12.9. The summed E-state index contributed by atoms with van der Waals surface area (Å²) >= 11 is 1.14. The molecule has 1 amide bonds. The average molecular weight is 395 g/mol. The van der Waals surface area contributed by atoms with Gasteiger partial charge in [0.25, 0.3) is 5.91 Å². The molecule has 8 heteroatoms. The van der Waals surface area contributed by atoms with Gasteiger partial charge in [-0.1, -0.05) is 23.8 Å². The lowest BCUT2D eigenvalue weighted by atomic mass is 10.1. The summed E-state index contributed by atoms with van der Waals surface area (Å²) < 4.78 is 32.3. The Labute approximate surface area is 157 Å². The largest absolute Gasteiger partial charge is 0.379 e. The maximum atomic E-state index is 12.8. The zero-order valence-corrected chi connectivity index (χ0v) is 16.5. The van der Waals surface area contributed by atoms with Gasteiger partial charge in [-0.15, -0.1) is 11.3 Å². The molecule has 26 heavy (non-hydrogen) atoms. The Morgan fingerprint density at radius 2 is 1.96 bits per heavy atom. The third-order valence-corrected chi connectivity index (χ3v) is 7.34. The Morgan fingerprint density at radius 3 is 2.65 bits per heavy atom. The second kappa shape index (κ2) is 7.87. The lowest BCUT2D eigenvalue weighted by molar-refractivity contribution is 0.0730. The van der Waals surface area contributed by atoms with Gasteiger partial charge in [-0.05, 0) is 36.4 Å². The first kappa shape index (κ1) is 19.0. The van der Waals surface area contributed by atoms with Crippen LogP contribution in [0.15, 0.2) is 34.5 Å². The topological polar surface area (TPSA) is 75.7 Å². The molecule has 0 saturated carbocycles. The minimum Gasteiger partial charge on any atom is -0.379 e. The fraction of sp³-hybridized carbons (Fsp3) is 0.389. The van der Waals surface area contributed by atoms with Crippen LogP contribution in [0.1, 0.15) is 26.4 Å². The number of nitrogens with zero attached hydrogens (tertiary/aromatic N) is 1. The number of carbonyl (C=O) groups is 1. The molecule has 1 fully saturated rings. The van der Waals surface area contributed by atoms with Crippen molar-refractivity contribution in [2.45, 2.75) is 25.3 Å². The molecule has 0 radical (unpaired) electrons. The van der Waals surface area contributed by atoms with E-state index in [-0.39, 0.29) is 15.7 Å². The van der Waals surface area contributed by atoms with Crippen LogP contribution in [0.3, 0.4) is 0 Å². The van der Waals surface area contributed by atoms with Gasteiger partial charge in [0.15, 0.2) is 0 Å². The van der Waals surface area contributed by atoms with Gasteiger partial charge in [0, 0.05) is 19.6 Å². The molecular formula is C18H22N2O4S2. The smallest absolute Gasteiger partial charge is 0.263 e. The highest BCUT2D eigenvalue weighted by Crippen LogP contribution is 2.26. The summed E-state index contributed by atoms with van der Waals surface area (Å²) in [7, 11) is -3.69. The van der Waals surface area contributed by atoms with Crippen LogP contribution in [0.2, 0.25) is 0 Å².